The molecule has 0 aliphatic carbocycles. The van der Waals surface area contributed by atoms with Gasteiger partial charge >= 0.3 is 0 Å². The topological polar surface area (TPSA) is 34.1 Å². The Labute approximate surface area is 57.3 Å². The summed E-state index contributed by atoms with van der Waals surface area (Å²) in [4.78, 5) is 21.2. The zero-order chi connectivity index (χ0) is 6.85. The molecule has 0 bridgehead atoms. The van der Waals surface area contributed by atoms with E-state index in [9.17, 15) is 9.59 Å². The Morgan fingerprint density at radius 3 is 2.44 bits per heavy atom. The van der Waals surface area contributed by atoms with E-state index in [1.165, 1.54) is 0 Å². The molecule has 1 aliphatic rings. The van der Waals surface area contributed by atoms with E-state index >= 15 is 0 Å². The fourth-order valence-electron chi connectivity index (χ4n) is 0.653. The van der Waals surface area contributed by atoms with Crippen LogP contribution in [0.25, 0.3) is 0 Å². The van der Waals surface area contributed by atoms with Crippen LogP contribution in [0.2, 0.25) is 0 Å². The van der Waals surface area contributed by atoms with Gasteiger partial charge in [-0.1, -0.05) is 6.08 Å². The second kappa shape index (κ2) is 2.35. The quantitative estimate of drug-likeness (QED) is 0.475. The molecule has 0 spiro atoms. The zero-order valence-electron chi connectivity index (χ0n) is 5.01. The third-order valence-corrected chi connectivity index (χ3v) is 1.97. The van der Waals surface area contributed by atoms with Crippen molar-refractivity contribution in [1.82, 2.24) is 0 Å². The van der Waals surface area contributed by atoms with Crippen LogP contribution in [0, 0.1) is 0 Å². The molecule has 0 atom stereocenters. The lowest BCUT2D eigenvalue weighted by atomic mass is 10.2. The number of hydrogen-bond donors (Lipinski definition) is 0. The molecule has 1 rings (SSSR count). The van der Waals surface area contributed by atoms with E-state index in [4.69, 9.17) is 0 Å². The summed E-state index contributed by atoms with van der Waals surface area (Å²) in [5.74, 6) is 0. The third-order valence-electron chi connectivity index (χ3n) is 1.15. The number of allylic oxidation sites excluding steroid dienone is 1. The van der Waals surface area contributed by atoms with Crippen LogP contribution in [-0.2, 0) is 9.59 Å². The number of carbonyl (C=O) groups is 2. The van der Waals surface area contributed by atoms with Gasteiger partial charge in [0, 0.05) is 12.0 Å². The minimum atomic E-state index is -0.0810. The van der Waals surface area contributed by atoms with Crippen LogP contribution < -0.4 is 0 Å². The molecule has 0 aromatic rings. The summed E-state index contributed by atoms with van der Waals surface area (Å²) in [5, 5.41) is -0.115. The van der Waals surface area contributed by atoms with Gasteiger partial charge in [0.05, 0.1) is 0 Å². The van der Waals surface area contributed by atoms with Crippen LogP contribution >= 0.6 is 11.8 Å². The molecular weight excluding hydrogens is 136 g/mol. The van der Waals surface area contributed by atoms with Crippen molar-refractivity contribution in [1.29, 1.82) is 0 Å². The zero-order valence-corrected chi connectivity index (χ0v) is 5.83. The second-order valence-electron chi connectivity index (χ2n) is 1.75. The van der Waals surface area contributed by atoms with Crippen molar-refractivity contribution in [3.8, 4) is 0 Å². The van der Waals surface area contributed by atoms with E-state index in [1.807, 2.05) is 0 Å². The minimum absolute atomic E-state index is 0.0342. The van der Waals surface area contributed by atoms with Crippen molar-refractivity contribution in [3.05, 3.63) is 11.6 Å². The lowest BCUT2D eigenvalue weighted by Crippen LogP contribution is -1.84. The SMILES string of the molecule is C/C=C1\CC(=O)SC1=O. The lowest BCUT2D eigenvalue weighted by Gasteiger charge is -1.82. The summed E-state index contributed by atoms with van der Waals surface area (Å²) in [6.07, 6.45) is 2.01. The molecule has 1 saturated heterocycles. The molecule has 1 aliphatic heterocycles. The van der Waals surface area contributed by atoms with Crippen molar-refractivity contribution in [2.75, 3.05) is 0 Å². The van der Waals surface area contributed by atoms with Crippen molar-refractivity contribution in [2.24, 2.45) is 0 Å². The Morgan fingerprint density at radius 2 is 2.22 bits per heavy atom. The van der Waals surface area contributed by atoms with Gasteiger partial charge in [0.2, 0.25) is 10.2 Å². The summed E-state index contributed by atoms with van der Waals surface area (Å²) >= 11 is 0.807. The molecule has 9 heavy (non-hydrogen) atoms. The highest BCUT2D eigenvalue weighted by molar-refractivity contribution is 8.27. The van der Waals surface area contributed by atoms with Crippen molar-refractivity contribution in [2.45, 2.75) is 13.3 Å². The Bertz CT molecular complexity index is 193. The molecule has 0 unspecified atom stereocenters. The van der Waals surface area contributed by atoms with Crippen LogP contribution in [0.15, 0.2) is 11.6 Å². The number of carbonyl (C=O) groups excluding carboxylic acids is 2. The normalized spacial score (nSPS) is 23.9. The van der Waals surface area contributed by atoms with Gasteiger partial charge in [0.15, 0.2) is 0 Å². The Balaban J connectivity index is 2.81. The van der Waals surface area contributed by atoms with E-state index in [0.29, 0.717) is 12.0 Å². The molecule has 3 heteroatoms. The summed E-state index contributed by atoms with van der Waals surface area (Å²) in [6.45, 7) is 1.77. The number of rotatable bonds is 0. The maximum absolute atomic E-state index is 10.7. The second-order valence-corrected chi connectivity index (χ2v) is 2.78. The first-order valence-corrected chi connectivity index (χ1v) is 3.46. The molecule has 0 amide bonds. The maximum Gasteiger partial charge on any atom is 0.222 e. The minimum Gasteiger partial charge on any atom is -0.286 e. The van der Waals surface area contributed by atoms with Gasteiger partial charge < -0.3 is 0 Å². The first kappa shape index (κ1) is 6.55. The largest absolute Gasteiger partial charge is 0.286 e. The Morgan fingerprint density at radius 1 is 1.56 bits per heavy atom. The molecule has 1 heterocycles. The highest BCUT2D eigenvalue weighted by Crippen LogP contribution is 2.25. The van der Waals surface area contributed by atoms with Gasteiger partial charge in [-0.2, -0.15) is 0 Å². The summed E-state index contributed by atoms with van der Waals surface area (Å²) in [6, 6.07) is 0. The van der Waals surface area contributed by atoms with Gasteiger partial charge in [0.1, 0.15) is 0 Å². The third kappa shape index (κ3) is 1.21. The molecule has 2 nitrogen and oxygen atoms in total. The monoisotopic (exact) mass is 142 g/mol. The highest BCUT2D eigenvalue weighted by Gasteiger charge is 2.24. The van der Waals surface area contributed by atoms with Gasteiger partial charge in [-0.05, 0) is 18.7 Å². The predicted octanol–water partition coefficient (Wildman–Crippen LogP) is 1.12. The highest BCUT2D eigenvalue weighted by atomic mass is 32.2. The molecule has 0 radical (unpaired) electrons. The van der Waals surface area contributed by atoms with Crippen LogP contribution in [0.5, 0.6) is 0 Å². The smallest absolute Gasteiger partial charge is 0.222 e. The van der Waals surface area contributed by atoms with Gasteiger partial charge in [-0.15, -0.1) is 0 Å². The number of thioether (sulfide) groups is 1. The van der Waals surface area contributed by atoms with Crippen LogP contribution in [-0.4, -0.2) is 10.2 Å². The first-order chi connectivity index (χ1) is 4.24. The van der Waals surface area contributed by atoms with E-state index < -0.39 is 0 Å². The van der Waals surface area contributed by atoms with E-state index in [0.717, 1.165) is 11.8 Å². The fraction of sp³-hybridized carbons (Fsp3) is 0.333. The standard InChI is InChI=1S/C6H6O2S/c1-2-4-3-5(7)9-6(4)8/h2H,3H2,1H3/b4-2+. The Hall–Kier alpha value is -0.570. The van der Waals surface area contributed by atoms with Crippen molar-refractivity contribution >= 4 is 22.0 Å². The fourth-order valence-corrected chi connectivity index (χ4v) is 1.41. The molecule has 0 aromatic carbocycles. The summed E-state index contributed by atoms with van der Waals surface area (Å²) < 4.78 is 0. The predicted molar refractivity (Wildman–Crippen MR) is 36.0 cm³/mol. The van der Waals surface area contributed by atoms with Gasteiger partial charge in [0.25, 0.3) is 0 Å². The van der Waals surface area contributed by atoms with E-state index in [1.54, 1.807) is 13.0 Å². The molecule has 48 valence electrons. The summed E-state index contributed by atoms with van der Waals surface area (Å²) in [7, 11) is 0. The van der Waals surface area contributed by atoms with Crippen LogP contribution in [0.4, 0.5) is 0 Å². The Kier molecular flexibility index (Phi) is 1.71. The molecule has 0 saturated carbocycles. The molecule has 0 N–H and O–H groups in total. The van der Waals surface area contributed by atoms with Gasteiger partial charge in [-0.25, -0.2) is 0 Å². The average molecular weight is 142 g/mol. The van der Waals surface area contributed by atoms with Crippen LogP contribution in [0.3, 0.4) is 0 Å². The first-order valence-electron chi connectivity index (χ1n) is 2.64. The number of hydrogen-bond acceptors (Lipinski definition) is 3. The van der Waals surface area contributed by atoms with Gasteiger partial charge in [-0.3, -0.25) is 9.59 Å². The van der Waals surface area contributed by atoms with Crippen molar-refractivity contribution < 1.29 is 9.59 Å². The van der Waals surface area contributed by atoms with E-state index in [2.05, 4.69) is 0 Å². The maximum atomic E-state index is 10.7. The molecule has 0 aromatic heterocycles. The van der Waals surface area contributed by atoms with Crippen LogP contribution in [0.1, 0.15) is 13.3 Å². The lowest BCUT2D eigenvalue weighted by molar-refractivity contribution is -0.110. The van der Waals surface area contributed by atoms with E-state index in [-0.39, 0.29) is 10.2 Å². The van der Waals surface area contributed by atoms with Crippen molar-refractivity contribution in [3.63, 3.8) is 0 Å². The molecule has 1 fully saturated rings. The summed E-state index contributed by atoms with van der Waals surface area (Å²) in [5.41, 5.74) is 0.644. The molecular formula is C6H6O2S. The average Bonchev–Trinajstić information content (AvgIpc) is 2.10.